The van der Waals surface area contributed by atoms with Gasteiger partial charge in [-0.1, -0.05) is 0 Å². The third-order valence-corrected chi connectivity index (χ3v) is 3.13. The zero-order chi connectivity index (χ0) is 12.3. The van der Waals surface area contributed by atoms with Crippen LogP contribution in [0.5, 0.6) is 5.75 Å². The van der Waals surface area contributed by atoms with Crippen molar-refractivity contribution >= 4 is 21.6 Å². The fraction of sp³-hybridized carbons (Fsp3) is 0.500. The van der Waals surface area contributed by atoms with Gasteiger partial charge in [0.05, 0.1) is 9.40 Å². The van der Waals surface area contributed by atoms with E-state index in [4.69, 9.17) is 4.74 Å². The highest BCUT2D eigenvalue weighted by atomic mass is 79.9. The lowest BCUT2D eigenvalue weighted by Crippen LogP contribution is -2.37. The quantitative estimate of drug-likeness (QED) is 0.681. The van der Waals surface area contributed by atoms with Gasteiger partial charge in [0.1, 0.15) is 12.3 Å². The molecule has 7 heteroatoms. The molecule has 1 aromatic heterocycles. The van der Waals surface area contributed by atoms with Gasteiger partial charge in [-0.3, -0.25) is 15.1 Å². The molecular formula is C10H12BrN3O3. The average Bonchev–Trinajstić information content (AvgIpc) is 2.33. The zero-order valence-corrected chi connectivity index (χ0v) is 10.6. The number of pyridine rings is 1. The Morgan fingerprint density at radius 1 is 1.59 bits per heavy atom. The highest BCUT2D eigenvalue weighted by Crippen LogP contribution is 2.34. The van der Waals surface area contributed by atoms with Crippen molar-refractivity contribution in [2.45, 2.75) is 18.9 Å². The molecule has 0 radical (unpaired) electrons. The Morgan fingerprint density at radius 2 is 2.41 bits per heavy atom. The van der Waals surface area contributed by atoms with Crippen molar-refractivity contribution in [3.63, 3.8) is 0 Å². The molecule has 1 aliphatic rings. The van der Waals surface area contributed by atoms with E-state index in [1.165, 1.54) is 12.4 Å². The van der Waals surface area contributed by atoms with E-state index in [0.717, 1.165) is 19.4 Å². The number of nitrogens with zero attached hydrogens (tertiary/aromatic N) is 2. The summed E-state index contributed by atoms with van der Waals surface area (Å²) in [4.78, 5) is 14.2. The van der Waals surface area contributed by atoms with E-state index in [1.807, 2.05) is 0 Å². The predicted octanol–water partition coefficient (Wildman–Crippen LogP) is 1.88. The van der Waals surface area contributed by atoms with Crippen molar-refractivity contribution in [2.24, 2.45) is 0 Å². The molecule has 0 amide bonds. The summed E-state index contributed by atoms with van der Waals surface area (Å²) < 4.78 is 6.20. The molecule has 2 rings (SSSR count). The second-order valence-corrected chi connectivity index (χ2v) is 4.67. The first-order valence-electron chi connectivity index (χ1n) is 5.33. The highest BCUT2D eigenvalue weighted by molar-refractivity contribution is 9.10. The van der Waals surface area contributed by atoms with Gasteiger partial charge in [-0.05, 0) is 35.3 Å². The molecule has 0 aliphatic carbocycles. The number of piperidine rings is 1. The van der Waals surface area contributed by atoms with Crippen LogP contribution in [-0.4, -0.2) is 29.1 Å². The average molecular weight is 302 g/mol. The van der Waals surface area contributed by atoms with Crippen molar-refractivity contribution < 1.29 is 9.66 Å². The SMILES string of the molecule is O=[N+]([O-])c1cncc(Br)c1O[C@H]1CCCNC1. The van der Waals surface area contributed by atoms with Gasteiger partial charge in [-0.15, -0.1) is 0 Å². The molecule has 92 valence electrons. The van der Waals surface area contributed by atoms with E-state index in [2.05, 4.69) is 26.2 Å². The van der Waals surface area contributed by atoms with Gasteiger partial charge >= 0.3 is 5.69 Å². The highest BCUT2D eigenvalue weighted by Gasteiger charge is 2.23. The number of aromatic nitrogens is 1. The minimum absolute atomic E-state index is 0.0267. The summed E-state index contributed by atoms with van der Waals surface area (Å²) in [5, 5.41) is 14.1. The minimum atomic E-state index is -0.483. The van der Waals surface area contributed by atoms with E-state index >= 15 is 0 Å². The maximum atomic E-state index is 10.9. The number of nitrogens with one attached hydrogen (secondary N) is 1. The maximum Gasteiger partial charge on any atom is 0.330 e. The van der Waals surface area contributed by atoms with E-state index in [1.54, 1.807) is 0 Å². The fourth-order valence-electron chi connectivity index (χ4n) is 1.75. The van der Waals surface area contributed by atoms with Gasteiger partial charge in [-0.2, -0.15) is 0 Å². The van der Waals surface area contributed by atoms with Crippen LogP contribution in [0.2, 0.25) is 0 Å². The van der Waals surface area contributed by atoms with Gasteiger partial charge < -0.3 is 10.1 Å². The van der Waals surface area contributed by atoms with E-state index in [-0.39, 0.29) is 17.5 Å². The summed E-state index contributed by atoms with van der Waals surface area (Å²) in [7, 11) is 0. The molecule has 0 spiro atoms. The van der Waals surface area contributed by atoms with Crippen molar-refractivity contribution in [1.29, 1.82) is 0 Å². The number of halogens is 1. The first kappa shape index (κ1) is 12.3. The number of nitro groups is 1. The van der Waals surface area contributed by atoms with Crippen molar-refractivity contribution in [3.05, 3.63) is 27.0 Å². The van der Waals surface area contributed by atoms with Crippen LogP contribution in [0, 0.1) is 10.1 Å². The minimum Gasteiger partial charge on any atom is -0.481 e. The Kier molecular flexibility index (Phi) is 3.90. The van der Waals surface area contributed by atoms with E-state index < -0.39 is 4.92 Å². The van der Waals surface area contributed by atoms with Gasteiger partial charge in [0.2, 0.25) is 5.75 Å². The van der Waals surface area contributed by atoms with Crippen LogP contribution >= 0.6 is 15.9 Å². The van der Waals surface area contributed by atoms with Crippen LogP contribution in [0.4, 0.5) is 5.69 Å². The molecule has 0 bridgehead atoms. The van der Waals surface area contributed by atoms with E-state index in [9.17, 15) is 10.1 Å². The molecule has 0 aromatic carbocycles. The standard InChI is InChI=1S/C10H12BrN3O3/c11-8-5-13-6-9(14(15)16)10(8)17-7-2-1-3-12-4-7/h5-7,12H,1-4H2/t7-/m0/s1. The summed E-state index contributed by atoms with van der Waals surface area (Å²) in [6.07, 6.45) is 4.59. The van der Waals surface area contributed by atoms with Crippen LogP contribution < -0.4 is 10.1 Å². The number of hydrogen-bond donors (Lipinski definition) is 1. The van der Waals surface area contributed by atoms with Crippen LogP contribution in [-0.2, 0) is 0 Å². The second-order valence-electron chi connectivity index (χ2n) is 3.81. The van der Waals surface area contributed by atoms with Crippen molar-refractivity contribution in [2.75, 3.05) is 13.1 Å². The fourth-order valence-corrected chi connectivity index (χ4v) is 2.16. The maximum absolute atomic E-state index is 10.9. The topological polar surface area (TPSA) is 77.3 Å². The summed E-state index contributed by atoms with van der Waals surface area (Å²) in [6, 6.07) is 0. The van der Waals surface area contributed by atoms with Crippen LogP contribution in [0.15, 0.2) is 16.9 Å². The van der Waals surface area contributed by atoms with Crippen molar-refractivity contribution in [3.8, 4) is 5.75 Å². The lowest BCUT2D eigenvalue weighted by atomic mass is 10.1. The molecule has 6 nitrogen and oxygen atoms in total. The first-order chi connectivity index (χ1) is 8.18. The normalized spacial score (nSPS) is 19.9. The molecule has 1 fully saturated rings. The Labute approximate surface area is 107 Å². The van der Waals surface area contributed by atoms with Gasteiger partial charge in [0.15, 0.2) is 0 Å². The smallest absolute Gasteiger partial charge is 0.330 e. The van der Waals surface area contributed by atoms with E-state index in [0.29, 0.717) is 11.0 Å². The zero-order valence-electron chi connectivity index (χ0n) is 9.06. The van der Waals surface area contributed by atoms with Crippen LogP contribution in [0.1, 0.15) is 12.8 Å². The van der Waals surface area contributed by atoms with Gasteiger partial charge in [0.25, 0.3) is 0 Å². The Balaban J connectivity index is 2.21. The van der Waals surface area contributed by atoms with Crippen LogP contribution in [0.3, 0.4) is 0 Å². The number of rotatable bonds is 3. The number of ether oxygens (including phenoxy) is 1. The summed E-state index contributed by atoms with van der Waals surface area (Å²) in [5.41, 5.74) is -0.107. The third-order valence-electron chi connectivity index (χ3n) is 2.57. The molecule has 0 unspecified atom stereocenters. The Morgan fingerprint density at radius 3 is 3.06 bits per heavy atom. The van der Waals surface area contributed by atoms with Crippen molar-refractivity contribution in [1.82, 2.24) is 10.3 Å². The Hall–Kier alpha value is -1.21. The molecule has 1 aromatic rings. The van der Waals surface area contributed by atoms with Gasteiger partial charge in [0, 0.05) is 12.7 Å². The Bertz CT molecular complexity index is 421. The monoisotopic (exact) mass is 301 g/mol. The number of hydrogen-bond acceptors (Lipinski definition) is 5. The first-order valence-corrected chi connectivity index (χ1v) is 6.13. The van der Waals surface area contributed by atoms with Gasteiger partial charge in [-0.25, -0.2) is 0 Å². The third kappa shape index (κ3) is 2.92. The summed E-state index contributed by atoms with van der Waals surface area (Å²) in [6.45, 7) is 1.69. The second kappa shape index (κ2) is 5.42. The molecule has 1 atom stereocenters. The summed E-state index contributed by atoms with van der Waals surface area (Å²) >= 11 is 3.23. The molecule has 17 heavy (non-hydrogen) atoms. The molecule has 1 N–H and O–H groups in total. The predicted molar refractivity (Wildman–Crippen MR) is 65.1 cm³/mol. The molecule has 1 saturated heterocycles. The molecular weight excluding hydrogens is 290 g/mol. The largest absolute Gasteiger partial charge is 0.481 e. The molecule has 1 aliphatic heterocycles. The summed E-state index contributed by atoms with van der Waals surface area (Å²) in [5.74, 6) is 0.263. The molecule has 2 heterocycles. The molecule has 0 saturated carbocycles. The van der Waals surface area contributed by atoms with Crippen LogP contribution in [0.25, 0.3) is 0 Å². The lowest BCUT2D eigenvalue weighted by molar-refractivity contribution is -0.386. The lowest BCUT2D eigenvalue weighted by Gasteiger charge is -2.24.